The van der Waals surface area contributed by atoms with Gasteiger partial charge in [0.15, 0.2) is 34.9 Å². The predicted octanol–water partition coefficient (Wildman–Crippen LogP) is 17.8. The van der Waals surface area contributed by atoms with Gasteiger partial charge < -0.3 is 9.97 Å². The van der Waals surface area contributed by atoms with Gasteiger partial charge >= 0.3 is 0 Å². The minimum absolute atomic E-state index is 0. The first-order valence-corrected chi connectivity index (χ1v) is 27.3. The Labute approximate surface area is 488 Å². The van der Waals surface area contributed by atoms with Crippen LogP contribution in [0, 0.1) is 12.1 Å². The topological polar surface area (TPSA) is 103 Å². The summed E-state index contributed by atoms with van der Waals surface area (Å²) in [5.74, 6) is 4.22. The fraction of sp³-hybridized carbons (Fsp3) is 0.268. The molecule has 0 unspecified atom stereocenters. The Morgan fingerprint density at radius 1 is 0.325 bits per heavy atom. The molecule has 0 N–H and O–H groups in total. The molecular weight excluding hydrogens is 1160 g/mol. The second-order valence-electron chi connectivity index (χ2n) is 24.8. The summed E-state index contributed by atoms with van der Waals surface area (Å²) in [6.07, 6.45) is 3.67. The fourth-order valence-corrected chi connectivity index (χ4v) is 8.92. The van der Waals surface area contributed by atoms with Gasteiger partial charge in [-0.2, -0.15) is 0 Å². The van der Waals surface area contributed by atoms with Crippen molar-refractivity contribution in [2.75, 3.05) is 0 Å². The molecule has 0 saturated carbocycles. The second kappa shape index (κ2) is 23.9. The molecule has 80 heavy (non-hydrogen) atoms. The monoisotopic (exact) mass is 1230 g/mol. The van der Waals surface area contributed by atoms with E-state index in [1.165, 1.54) is 27.8 Å². The maximum atomic E-state index is 4.93. The molecule has 0 amide bonds. The molecule has 9 heteroatoms. The largest absolute Gasteiger partial charge is 0.304 e. The van der Waals surface area contributed by atoms with Crippen molar-refractivity contribution < 1.29 is 20.1 Å². The van der Waals surface area contributed by atoms with E-state index >= 15 is 0 Å². The molecule has 8 nitrogen and oxygen atoms in total. The minimum atomic E-state index is 0. The van der Waals surface area contributed by atoms with Crippen LogP contribution in [0.25, 0.3) is 90.8 Å². The summed E-state index contributed by atoms with van der Waals surface area (Å²) in [4.78, 5) is 38.9. The molecule has 407 valence electrons. The first-order valence-electron chi connectivity index (χ1n) is 27.3. The van der Waals surface area contributed by atoms with Crippen LogP contribution < -0.4 is 0 Å². The van der Waals surface area contributed by atoms with E-state index in [0.29, 0.717) is 40.9 Å². The molecule has 10 rings (SSSR count). The van der Waals surface area contributed by atoms with Crippen LogP contribution in [-0.2, 0) is 41.8 Å². The summed E-state index contributed by atoms with van der Waals surface area (Å²) in [7, 11) is 0. The summed E-state index contributed by atoms with van der Waals surface area (Å²) in [5, 5.41) is 0. The number of rotatable bonds is 9. The van der Waals surface area contributed by atoms with Gasteiger partial charge in [0.05, 0.1) is 0 Å². The molecule has 0 spiro atoms. The molecule has 0 saturated heterocycles. The zero-order valence-corrected chi connectivity index (χ0v) is 51.1. The molecule has 0 atom stereocenters. The Bertz CT molecular complexity index is 3510. The van der Waals surface area contributed by atoms with Crippen molar-refractivity contribution in [3.05, 3.63) is 216 Å². The van der Waals surface area contributed by atoms with Crippen molar-refractivity contribution in [2.45, 2.75) is 125 Å². The molecule has 0 bridgehead atoms. The minimum Gasteiger partial charge on any atom is -0.304 e. The molecular formula is C71H72IrN8-2. The summed E-state index contributed by atoms with van der Waals surface area (Å²) < 4.78 is 0. The van der Waals surface area contributed by atoms with Crippen LogP contribution >= 0.6 is 0 Å². The quantitative estimate of drug-likeness (QED) is 0.132. The van der Waals surface area contributed by atoms with Crippen LogP contribution in [0.5, 0.6) is 0 Å². The van der Waals surface area contributed by atoms with E-state index in [0.717, 1.165) is 55.9 Å². The van der Waals surface area contributed by atoms with Crippen molar-refractivity contribution in [1.82, 2.24) is 39.9 Å². The van der Waals surface area contributed by atoms with E-state index in [-0.39, 0.29) is 41.8 Å². The van der Waals surface area contributed by atoms with Crippen LogP contribution in [0.3, 0.4) is 0 Å². The summed E-state index contributed by atoms with van der Waals surface area (Å²) >= 11 is 0. The number of benzene rings is 6. The van der Waals surface area contributed by atoms with Gasteiger partial charge in [0.25, 0.3) is 0 Å². The number of nitrogens with zero attached hydrogens (tertiary/aromatic N) is 8. The van der Waals surface area contributed by atoms with Gasteiger partial charge in [-0.25, -0.2) is 29.9 Å². The van der Waals surface area contributed by atoms with Crippen LogP contribution in [0.1, 0.15) is 131 Å². The van der Waals surface area contributed by atoms with E-state index in [2.05, 4.69) is 223 Å². The number of pyridine rings is 2. The third-order valence-electron chi connectivity index (χ3n) is 14.1. The summed E-state index contributed by atoms with van der Waals surface area (Å²) in [5.41, 5.74) is 15.8. The fourth-order valence-electron chi connectivity index (χ4n) is 8.92. The van der Waals surface area contributed by atoms with Crippen LogP contribution in [0.2, 0.25) is 0 Å². The number of aromatic nitrogens is 8. The molecule has 0 aliphatic rings. The standard InChI is InChI=1S/C37H39N4.C34H33N4.Ir/c1-24(2)27-10-9-11-28(22-27)32-21-16-29(23-38-32)35-40-33(25-12-17-30(18-13-25)36(3,4)5)39-34(41-35)26-14-19-31(20-15-26)37(6,7)8;1-33(2,3)27-17-12-24(13-18-27)30-36-31(25-14-19-28(20-15-25)34(4,5)6)38-32(37-30)26-16-21-29(35-22-26)23-10-8-7-9-11-23;/h9-10,12-24H,1-8H3;7-10,12-22H,1-6H3;/q2*-1;. The van der Waals surface area contributed by atoms with Gasteiger partial charge in [-0.05, 0) is 61.2 Å². The van der Waals surface area contributed by atoms with Gasteiger partial charge in [-0.1, -0.05) is 218 Å². The van der Waals surface area contributed by atoms with Crippen molar-refractivity contribution in [1.29, 1.82) is 0 Å². The van der Waals surface area contributed by atoms with Crippen molar-refractivity contribution in [2.24, 2.45) is 0 Å². The smallest absolute Gasteiger partial charge is 0.165 e. The van der Waals surface area contributed by atoms with Crippen LogP contribution in [0.15, 0.2) is 176 Å². The van der Waals surface area contributed by atoms with Gasteiger partial charge in [-0.3, -0.25) is 0 Å². The van der Waals surface area contributed by atoms with E-state index in [1.54, 1.807) is 0 Å². The van der Waals surface area contributed by atoms with Crippen molar-refractivity contribution in [3.63, 3.8) is 0 Å². The molecule has 0 aliphatic heterocycles. The van der Waals surface area contributed by atoms with E-state index in [1.807, 2.05) is 67.0 Å². The first kappa shape index (κ1) is 58.4. The van der Waals surface area contributed by atoms with Gasteiger partial charge in [0.2, 0.25) is 0 Å². The van der Waals surface area contributed by atoms with Crippen molar-refractivity contribution in [3.8, 4) is 90.8 Å². The summed E-state index contributed by atoms with van der Waals surface area (Å²) in [6.45, 7) is 31.0. The Balaban J connectivity index is 0.000000208. The Hall–Kier alpha value is -7.71. The molecule has 6 aromatic carbocycles. The Morgan fingerprint density at radius 2 is 0.625 bits per heavy atom. The normalized spacial score (nSPS) is 11.9. The molecule has 4 heterocycles. The molecule has 10 aromatic rings. The zero-order chi connectivity index (χ0) is 56.3. The molecule has 0 aliphatic carbocycles. The molecule has 1 radical (unpaired) electrons. The van der Waals surface area contributed by atoms with E-state index < -0.39 is 0 Å². The Morgan fingerprint density at radius 3 is 0.900 bits per heavy atom. The van der Waals surface area contributed by atoms with Crippen LogP contribution in [-0.4, -0.2) is 39.9 Å². The zero-order valence-electron chi connectivity index (χ0n) is 48.7. The molecule has 4 aromatic heterocycles. The predicted molar refractivity (Wildman–Crippen MR) is 325 cm³/mol. The van der Waals surface area contributed by atoms with E-state index in [4.69, 9.17) is 34.9 Å². The third-order valence-corrected chi connectivity index (χ3v) is 14.1. The average Bonchev–Trinajstić information content (AvgIpc) is 3.45. The van der Waals surface area contributed by atoms with Gasteiger partial charge in [0, 0.05) is 65.9 Å². The maximum Gasteiger partial charge on any atom is 0.165 e. The number of hydrogen-bond acceptors (Lipinski definition) is 8. The third kappa shape index (κ3) is 14.2. The maximum absolute atomic E-state index is 4.93. The van der Waals surface area contributed by atoms with Crippen molar-refractivity contribution >= 4 is 0 Å². The molecule has 0 fully saturated rings. The Kier molecular flexibility index (Phi) is 17.5. The summed E-state index contributed by atoms with van der Waals surface area (Å²) in [6, 6.07) is 62.8. The second-order valence-corrected chi connectivity index (χ2v) is 24.8. The average molecular weight is 1230 g/mol. The van der Waals surface area contributed by atoms with E-state index in [9.17, 15) is 0 Å². The number of hydrogen-bond donors (Lipinski definition) is 0. The first-order chi connectivity index (χ1) is 37.5. The van der Waals surface area contributed by atoms with Gasteiger partial charge in [-0.15, -0.1) is 71.3 Å². The SMILES string of the molecule is CC(C)(C)c1ccc(-c2nc(-c3ccc(C(C)(C)C)cc3)nc(-c3ccc(-c4[c-]cccc4)nc3)n2)cc1.CC(C)c1cc[c-]c(-c2ccc(-c3nc(-c4ccc(C(C)(C)C)cc4)nc(-c4ccc(C(C)(C)C)cc4)n3)cn2)c1.[Ir]. The van der Waals surface area contributed by atoms with Crippen LogP contribution in [0.4, 0.5) is 0 Å². The van der Waals surface area contributed by atoms with Gasteiger partial charge in [0.1, 0.15) is 0 Å².